The van der Waals surface area contributed by atoms with Gasteiger partial charge in [0, 0.05) is 12.1 Å². The van der Waals surface area contributed by atoms with E-state index in [0.29, 0.717) is 17.3 Å². The Morgan fingerprint density at radius 1 is 1.19 bits per heavy atom. The number of para-hydroxylation sites is 1. The SMILES string of the molecule is NCc1ccccc1Oc1ncc(Cl)cn1. The Bertz CT molecular complexity index is 473. The molecular weight excluding hydrogens is 226 g/mol. The topological polar surface area (TPSA) is 61.0 Å². The Balaban J connectivity index is 2.23. The van der Waals surface area contributed by atoms with Crippen LogP contribution in [0.3, 0.4) is 0 Å². The van der Waals surface area contributed by atoms with E-state index < -0.39 is 0 Å². The van der Waals surface area contributed by atoms with Gasteiger partial charge in [0.2, 0.25) is 0 Å². The molecule has 0 bridgehead atoms. The normalized spacial score (nSPS) is 10.1. The van der Waals surface area contributed by atoms with Crippen LogP contribution in [0.4, 0.5) is 0 Å². The van der Waals surface area contributed by atoms with E-state index in [1.54, 1.807) is 0 Å². The average molecular weight is 236 g/mol. The van der Waals surface area contributed by atoms with Crippen molar-refractivity contribution in [3.8, 4) is 11.8 Å². The van der Waals surface area contributed by atoms with E-state index in [0.717, 1.165) is 5.56 Å². The molecule has 2 rings (SSSR count). The van der Waals surface area contributed by atoms with E-state index in [1.165, 1.54) is 12.4 Å². The first-order chi connectivity index (χ1) is 7.79. The first-order valence-corrected chi connectivity index (χ1v) is 5.11. The molecule has 0 unspecified atom stereocenters. The summed E-state index contributed by atoms with van der Waals surface area (Å²) >= 11 is 5.67. The lowest BCUT2D eigenvalue weighted by Gasteiger charge is -2.07. The fourth-order valence-corrected chi connectivity index (χ4v) is 1.32. The number of rotatable bonds is 3. The summed E-state index contributed by atoms with van der Waals surface area (Å²) in [6, 6.07) is 7.73. The fourth-order valence-electron chi connectivity index (χ4n) is 1.22. The minimum Gasteiger partial charge on any atom is -0.424 e. The molecule has 16 heavy (non-hydrogen) atoms. The molecule has 1 aromatic heterocycles. The van der Waals surface area contributed by atoms with E-state index in [9.17, 15) is 0 Å². The summed E-state index contributed by atoms with van der Waals surface area (Å²) in [6.45, 7) is 0.407. The third-order valence-electron chi connectivity index (χ3n) is 1.99. The van der Waals surface area contributed by atoms with Gasteiger partial charge in [-0.25, -0.2) is 9.97 Å². The standard InChI is InChI=1S/C11H10ClN3O/c12-9-6-14-11(15-7-9)16-10-4-2-1-3-8(10)5-13/h1-4,6-7H,5,13H2. The quantitative estimate of drug-likeness (QED) is 0.887. The molecule has 4 nitrogen and oxygen atoms in total. The third kappa shape index (κ3) is 2.48. The van der Waals surface area contributed by atoms with E-state index in [4.69, 9.17) is 22.1 Å². The molecule has 0 spiro atoms. The molecule has 0 aliphatic carbocycles. The van der Waals surface area contributed by atoms with Crippen LogP contribution in [0.5, 0.6) is 11.8 Å². The summed E-state index contributed by atoms with van der Waals surface area (Å²) in [5, 5.41) is 0.472. The monoisotopic (exact) mass is 235 g/mol. The van der Waals surface area contributed by atoms with E-state index in [2.05, 4.69) is 9.97 Å². The first-order valence-electron chi connectivity index (χ1n) is 4.73. The zero-order valence-electron chi connectivity index (χ0n) is 8.43. The second-order valence-corrected chi connectivity index (χ2v) is 3.53. The van der Waals surface area contributed by atoms with Crippen LogP contribution in [0.25, 0.3) is 0 Å². The van der Waals surface area contributed by atoms with E-state index in [1.807, 2.05) is 24.3 Å². The summed E-state index contributed by atoms with van der Waals surface area (Å²) in [4.78, 5) is 7.89. The van der Waals surface area contributed by atoms with Gasteiger partial charge in [0.05, 0.1) is 17.4 Å². The zero-order chi connectivity index (χ0) is 11.4. The zero-order valence-corrected chi connectivity index (χ0v) is 9.19. The predicted octanol–water partition coefficient (Wildman–Crippen LogP) is 2.38. The fraction of sp³-hybridized carbons (Fsp3) is 0.0909. The molecule has 1 aromatic carbocycles. The lowest BCUT2D eigenvalue weighted by Crippen LogP contribution is -2.00. The smallest absolute Gasteiger partial charge is 0.321 e. The highest BCUT2D eigenvalue weighted by atomic mass is 35.5. The molecule has 0 aliphatic heterocycles. The van der Waals surface area contributed by atoms with Crippen LogP contribution in [0.1, 0.15) is 5.56 Å². The highest BCUT2D eigenvalue weighted by molar-refractivity contribution is 6.30. The van der Waals surface area contributed by atoms with Gasteiger partial charge in [-0.1, -0.05) is 29.8 Å². The summed E-state index contributed by atoms with van der Waals surface area (Å²) < 4.78 is 5.49. The summed E-state index contributed by atoms with van der Waals surface area (Å²) in [7, 11) is 0. The van der Waals surface area contributed by atoms with Crippen molar-refractivity contribution in [3.63, 3.8) is 0 Å². The average Bonchev–Trinajstić information content (AvgIpc) is 2.33. The van der Waals surface area contributed by atoms with Gasteiger partial charge < -0.3 is 10.5 Å². The number of nitrogens with zero attached hydrogens (tertiary/aromatic N) is 2. The van der Waals surface area contributed by atoms with Gasteiger partial charge in [-0.05, 0) is 6.07 Å². The van der Waals surface area contributed by atoms with Crippen LogP contribution in [-0.2, 0) is 6.54 Å². The minimum atomic E-state index is 0.255. The molecule has 0 aliphatic rings. The molecular formula is C11H10ClN3O. The largest absolute Gasteiger partial charge is 0.424 e. The van der Waals surface area contributed by atoms with Gasteiger partial charge in [-0.15, -0.1) is 0 Å². The van der Waals surface area contributed by atoms with E-state index >= 15 is 0 Å². The maximum absolute atomic E-state index is 5.67. The van der Waals surface area contributed by atoms with Crippen molar-refractivity contribution in [2.24, 2.45) is 5.73 Å². The molecule has 82 valence electrons. The number of hydrogen-bond acceptors (Lipinski definition) is 4. The maximum atomic E-state index is 5.67. The molecule has 0 atom stereocenters. The van der Waals surface area contributed by atoms with Crippen LogP contribution in [0.15, 0.2) is 36.7 Å². The number of nitrogens with two attached hydrogens (primary N) is 1. The van der Waals surface area contributed by atoms with Crippen molar-refractivity contribution in [3.05, 3.63) is 47.2 Å². The molecule has 2 aromatic rings. The van der Waals surface area contributed by atoms with Crippen molar-refractivity contribution in [2.45, 2.75) is 6.54 Å². The first kappa shape index (κ1) is 10.9. The number of benzene rings is 1. The number of aromatic nitrogens is 2. The third-order valence-corrected chi connectivity index (χ3v) is 2.19. The summed E-state index contributed by atoms with van der Waals surface area (Å²) in [5.41, 5.74) is 6.49. The van der Waals surface area contributed by atoms with Gasteiger partial charge in [-0.3, -0.25) is 0 Å². The van der Waals surface area contributed by atoms with Crippen LogP contribution in [0, 0.1) is 0 Å². The molecule has 0 radical (unpaired) electrons. The van der Waals surface area contributed by atoms with Crippen LogP contribution < -0.4 is 10.5 Å². The summed E-state index contributed by atoms with van der Waals surface area (Å²) in [6.07, 6.45) is 2.96. The van der Waals surface area contributed by atoms with Crippen molar-refractivity contribution < 1.29 is 4.74 Å². The van der Waals surface area contributed by atoms with Crippen molar-refractivity contribution in [1.82, 2.24) is 9.97 Å². The Kier molecular flexibility index (Phi) is 3.34. The lowest BCUT2D eigenvalue weighted by molar-refractivity contribution is 0.436. The maximum Gasteiger partial charge on any atom is 0.321 e. The molecule has 5 heteroatoms. The Hall–Kier alpha value is -1.65. The van der Waals surface area contributed by atoms with Gasteiger partial charge in [0.25, 0.3) is 0 Å². The highest BCUT2D eigenvalue weighted by Crippen LogP contribution is 2.22. The minimum absolute atomic E-state index is 0.255. The number of halogens is 1. The molecule has 0 saturated carbocycles. The Morgan fingerprint density at radius 3 is 2.56 bits per heavy atom. The molecule has 0 amide bonds. The van der Waals surface area contributed by atoms with E-state index in [-0.39, 0.29) is 6.01 Å². The predicted molar refractivity (Wildman–Crippen MR) is 61.4 cm³/mol. The van der Waals surface area contributed by atoms with Crippen molar-refractivity contribution in [1.29, 1.82) is 0 Å². The summed E-state index contributed by atoms with van der Waals surface area (Å²) in [5.74, 6) is 0.660. The van der Waals surface area contributed by atoms with Crippen molar-refractivity contribution in [2.75, 3.05) is 0 Å². The highest BCUT2D eigenvalue weighted by Gasteiger charge is 2.04. The molecule has 0 fully saturated rings. The molecule has 0 saturated heterocycles. The Morgan fingerprint density at radius 2 is 1.88 bits per heavy atom. The van der Waals surface area contributed by atoms with Crippen LogP contribution in [-0.4, -0.2) is 9.97 Å². The second-order valence-electron chi connectivity index (χ2n) is 3.10. The lowest BCUT2D eigenvalue weighted by atomic mass is 10.2. The number of ether oxygens (including phenoxy) is 1. The van der Waals surface area contributed by atoms with Crippen LogP contribution >= 0.6 is 11.6 Å². The van der Waals surface area contributed by atoms with Gasteiger partial charge in [0.1, 0.15) is 5.75 Å². The van der Waals surface area contributed by atoms with Crippen LogP contribution in [0.2, 0.25) is 5.02 Å². The van der Waals surface area contributed by atoms with Crippen molar-refractivity contribution >= 4 is 11.6 Å². The number of hydrogen-bond donors (Lipinski definition) is 1. The van der Waals surface area contributed by atoms with Gasteiger partial charge >= 0.3 is 6.01 Å². The molecule has 2 N–H and O–H groups in total. The molecule has 1 heterocycles. The van der Waals surface area contributed by atoms with Gasteiger partial charge in [0.15, 0.2) is 0 Å². The van der Waals surface area contributed by atoms with Gasteiger partial charge in [-0.2, -0.15) is 0 Å². The Labute approximate surface area is 98.0 Å². The second kappa shape index (κ2) is 4.92.